The van der Waals surface area contributed by atoms with Gasteiger partial charge in [0.25, 0.3) is 0 Å². The summed E-state index contributed by atoms with van der Waals surface area (Å²) in [4.78, 5) is 9.69. The molecule has 2 aromatic rings. The number of benzene rings is 1. The van der Waals surface area contributed by atoms with Crippen LogP contribution in [0.25, 0.3) is 0 Å². The van der Waals surface area contributed by atoms with Crippen LogP contribution in [0.4, 0.5) is 13.2 Å². The number of hydrogen-bond donors (Lipinski definition) is 2. The van der Waals surface area contributed by atoms with Crippen molar-refractivity contribution in [3.63, 3.8) is 0 Å². The number of aliphatic imine (C=N–C) groups is 1. The molecule has 5 nitrogen and oxygen atoms in total. The zero-order valence-corrected chi connectivity index (χ0v) is 15.4. The fourth-order valence-electron chi connectivity index (χ4n) is 2.20. The number of nitrogens with one attached hydrogen (secondary N) is 2. The van der Waals surface area contributed by atoms with Gasteiger partial charge in [0, 0.05) is 30.6 Å². The first-order valence-corrected chi connectivity index (χ1v) is 8.97. The molecule has 0 spiro atoms. The summed E-state index contributed by atoms with van der Waals surface area (Å²) in [6, 6.07) is 3.80. The minimum atomic E-state index is -3.02. The van der Waals surface area contributed by atoms with Crippen molar-refractivity contribution in [2.75, 3.05) is 13.1 Å². The predicted molar refractivity (Wildman–Crippen MR) is 96.4 cm³/mol. The first kappa shape index (κ1) is 20.0. The molecule has 1 aromatic carbocycles. The van der Waals surface area contributed by atoms with Crippen LogP contribution in [0.15, 0.2) is 29.4 Å². The third kappa shape index (κ3) is 6.21. The molecule has 0 fully saturated rings. The Morgan fingerprint density at radius 1 is 1.35 bits per heavy atom. The molecule has 142 valence electrons. The molecule has 2 rings (SSSR count). The van der Waals surface area contributed by atoms with E-state index in [1.807, 2.05) is 20.0 Å². The van der Waals surface area contributed by atoms with Crippen LogP contribution in [-0.4, -0.2) is 30.6 Å². The third-order valence-electron chi connectivity index (χ3n) is 3.33. The van der Waals surface area contributed by atoms with E-state index in [1.165, 1.54) is 18.2 Å². The topological polar surface area (TPSA) is 58.5 Å². The second-order valence-corrected chi connectivity index (χ2v) is 6.65. The maximum Gasteiger partial charge on any atom is 0.387 e. The van der Waals surface area contributed by atoms with E-state index < -0.39 is 12.4 Å². The molecule has 0 aliphatic heterocycles. The second kappa shape index (κ2) is 10.0. The van der Waals surface area contributed by atoms with Gasteiger partial charge >= 0.3 is 6.61 Å². The van der Waals surface area contributed by atoms with E-state index >= 15 is 0 Å². The fraction of sp³-hybridized carbons (Fsp3) is 0.412. The normalized spacial score (nSPS) is 11.7. The van der Waals surface area contributed by atoms with E-state index in [4.69, 9.17) is 0 Å². The molecule has 1 heterocycles. The second-order valence-electron chi connectivity index (χ2n) is 5.33. The van der Waals surface area contributed by atoms with Gasteiger partial charge in [-0.05, 0) is 26.0 Å². The van der Waals surface area contributed by atoms with E-state index in [0.717, 1.165) is 16.3 Å². The van der Waals surface area contributed by atoms with Gasteiger partial charge in [-0.3, -0.25) is 0 Å². The Kier molecular flexibility index (Phi) is 7.71. The molecular weight excluding hydrogens is 365 g/mol. The van der Waals surface area contributed by atoms with Crippen molar-refractivity contribution in [2.24, 2.45) is 4.99 Å². The van der Waals surface area contributed by atoms with Crippen LogP contribution in [0.3, 0.4) is 0 Å². The monoisotopic (exact) mass is 386 g/mol. The van der Waals surface area contributed by atoms with Gasteiger partial charge in [0.15, 0.2) is 5.96 Å². The molecule has 0 radical (unpaired) electrons. The summed E-state index contributed by atoms with van der Waals surface area (Å²) >= 11 is 1.62. The lowest BCUT2D eigenvalue weighted by atomic mass is 10.2. The summed E-state index contributed by atoms with van der Waals surface area (Å²) in [6.45, 7) is 1.95. The Morgan fingerprint density at radius 3 is 2.81 bits per heavy atom. The summed E-state index contributed by atoms with van der Waals surface area (Å²) in [7, 11) is 0. The van der Waals surface area contributed by atoms with Gasteiger partial charge in [0.05, 0.1) is 17.1 Å². The molecule has 0 aliphatic carbocycles. The highest BCUT2D eigenvalue weighted by Crippen LogP contribution is 2.24. The number of nitrogens with zero attached hydrogens (tertiary/aromatic N) is 2. The summed E-state index contributed by atoms with van der Waals surface area (Å²) in [5.41, 5.74) is -0.0134. The quantitative estimate of drug-likeness (QED) is 0.539. The Labute approximate surface area is 154 Å². The van der Waals surface area contributed by atoms with E-state index in [2.05, 4.69) is 25.3 Å². The van der Waals surface area contributed by atoms with E-state index in [1.54, 1.807) is 11.3 Å². The van der Waals surface area contributed by atoms with Crippen LogP contribution in [0.1, 0.15) is 22.4 Å². The molecule has 0 aliphatic rings. The number of halogens is 3. The van der Waals surface area contributed by atoms with Crippen LogP contribution < -0.4 is 15.4 Å². The number of ether oxygens (including phenoxy) is 1. The molecule has 2 N–H and O–H groups in total. The zero-order valence-electron chi connectivity index (χ0n) is 14.6. The van der Waals surface area contributed by atoms with Gasteiger partial charge in [0.2, 0.25) is 0 Å². The number of aromatic nitrogens is 1. The van der Waals surface area contributed by atoms with Crippen molar-refractivity contribution in [3.05, 3.63) is 45.7 Å². The van der Waals surface area contributed by atoms with E-state index in [-0.39, 0.29) is 17.9 Å². The maximum absolute atomic E-state index is 14.0. The van der Waals surface area contributed by atoms with Crippen molar-refractivity contribution in [1.29, 1.82) is 0 Å². The molecule has 0 saturated heterocycles. The largest absolute Gasteiger partial charge is 0.434 e. The van der Waals surface area contributed by atoms with Crippen molar-refractivity contribution >= 4 is 17.3 Å². The summed E-state index contributed by atoms with van der Waals surface area (Å²) in [5.74, 6) is -0.383. The lowest BCUT2D eigenvalue weighted by Gasteiger charge is -2.13. The Bertz CT molecular complexity index is 737. The molecule has 9 heteroatoms. The van der Waals surface area contributed by atoms with Crippen LogP contribution in [0, 0.1) is 12.7 Å². The smallest absolute Gasteiger partial charge is 0.387 e. The van der Waals surface area contributed by atoms with Crippen LogP contribution in [-0.2, 0) is 13.0 Å². The van der Waals surface area contributed by atoms with Gasteiger partial charge in [-0.15, -0.1) is 11.3 Å². The lowest BCUT2D eigenvalue weighted by molar-refractivity contribution is -0.0506. The minimum Gasteiger partial charge on any atom is -0.434 e. The Morgan fingerprint density at radius 2 is 2.15 bits per heavy atom. The summed E-state index contributed by atoms with van der Waals surface area (Å²) in [6.07, 6.45) is 2.55. The van der Waals surface area contributed by atoms with Gasteiger partial charge in [-0.2, -0.15) is 8.78 Å². The van der Waals surface area contributed by atoms with Gasteiger partial charge in [-0.25, -0.2) is 14.4 Å². The molecule has 0 unspecified atom stereocenters. The van der Waals surface area contributed by atoms with Crippen molar-refractivity contribution in [1.82, 2.24) is 15.6 Å². The van der Waals surface area contributed by atoms with E-state index in [9.17, 15) is 13.2 Å². The average molecular weight is 386 g/mol. The van der Waals surface area contributed by atoms with Gasteiger partial charge in [-0.1, -0.05) is 6.07 Å². The van der Waals surface area contributed by atoms with Crippen molar-refractivity contribution in [2.45, 2.75) is 33.4 Å². The number of rotatable bonds is 8. The number of alkyl halides is 2. The van der Waals surface area contributed by atoms with Crippen LogP contribution >= 0.6 is 11.3 Å². The predicted octanol–water partition coefficient (Wildman–Crippen LogP) is 3.49. The standard InChI is InChI=1S/C17H21F3N4OS/c1-3-21-17(22-8-7-15-23-9-11(2)26-15)24-10-12-13(18)5-4-6-14(12)25-16(19)20/h4-6,9,16H,3,7-8,10H2,1-2H3,(H2,21,22,24). The molecular formula is C17H21F3N4OS. The highest BCUT2D eigenvalue weighted by Gasteiger charge is 2.13. The minimum absolute atomic E-state index is 0.0134. The fourth-order valence-corrected chi connectivity index (χ4v) is 2.99. The molecule has 0 amide bonds. The third-order valence-corrected chi connectivity index (χ3v) is 4.30. The number of thiazole rings is 1. The highest BCUT2D eigenvalue weighted by molar-refractivity contribution is 7.11. The number of hydrogen-bond acceptors (Lipinski definition) is 4. The summed E-state index contributed by atoms with van der Waals surface area (Å²) < 4.78 is 43.3. The lowest BCUT2D eigenvalue weighted by Crippen LogP contribution is -2.38. The van der Waals surface area contributed by atoms with Crippen LogP contribution in [0.2, 0.25) is 0 Å². The van der Waals surface area contributed by atoms with Crippen molar-refractivity contribution in [3.8, 4) is 5.75 Å². The van der Waals surface area contributed by atoms with Crippen LogP contribution in [0.5, 0.6) is 5.75 Å². The molecule has 0 saturated carbocycles. The Hall–Kier alpha value is -2.29. The molecule has 0 atom stereocenters. The number of aryl methyl sites for hydroxylation is 1. The molecule has 1 aromatic heterocycles. The molecule has 26 heavy (non-hydrogen) atoms. The average Bonchev–Trinajstić information content (AvgIpc) is 2.99. The zero-order chi connectivity index (χ0) is 18.9. The Balaban J connectivity index is 2.01. The van der Waals surface area contributed by atoms with Gasteiger partial charge in [0.1, 0.15) is 11.6 Å². The van der Waals surface area contributed by atoms with Gasteiger partial charge < -0.3 is 15.4 Å². The first-order valence-electron chi connectivity index (χ1n) is 8.15. The number of guanidine groups is 1. The first-order chi connectivity index (χ1) is 12.5. The highest BCUT2D eigenvalue weighted by atomic mass is 32.1. The molecule has 0 bridgehead atoms. The summed E-state index contributed by atoms with van der Waals surface area (Å²) in [5, 5.41) is 7.16. The maximum atomic E-state index is 14.0. The van der Waals surface area contributed by atoms with E-state index in [0.29, 0.717) is 19.0 Å². The van der Waals surface area contributed by atoms with Crippen molar-refractivity contribution < 1.29 is 17.9 Å². The SMILES string of the molecule is CCNC(=NCc1c(F)cccc1OC(F)F)NCCc1ncc(C)s1.